The van der Waals surface area contributed by atoms with E-state index in [1.807, 2.05) is 49.4 Å². The first-order chi connectivity index (χ1) is 13.7. The molecule has 2 N–H and O–H groups in total. The molecule has 28 heavy (non-hydrogen) atoms. The highest BCUT2D eigenvalue weighted by Gasteiger charge is 2.12. The highest BCUT2D eigenvalue weighted by Crippen LogP contribution is 2.32. The molecule has 7 nitrogen and oxygen atoms in total. The van der Waals surface area contributed by atoms with Crippen molar-refractivity contribution < 1.29 is 9.47 Å². The number of fused-ring (bicyclic) bond motifs is 2. The summed E-state index contributed by atoms with van der Waals surface area (Å²) in [5.41, 5.74) is 5.71. The second-order valence-electron chi connectivity index (χ2n) is 6.46. The number of ether oxygens (including phenoxy) is 2. The van der Waals surface area contributed by atoms with E-state index in [2.05, 4.69) is 20.7 Å². The molecule has 0 saturated carbocycles. The number of nitrogens with one attached hydrogen (secondary N) is 2. The van der Waals surface area contributed by atoms with Crippen LogP contribution in [0.4, 0.5) is 0 Å². The van der Waals surface area contributed by atoms with Crippen molar-refractivity contribution in [2.75, 3.05) is 13.3 Å². The molecule has 2 aromatic carbocycles. The van der Waals surface area contributed by atoms with Crippen LogP contribution in [0.15, 0.2) is 57.9 Å². The van der Waals surface area contributed by atoms with Gasteiger partial charge in [-0.1, -0.05) is 30.3 Å². The number of rotatable bonds is 6. The van der Waals surface area contributed by atoms with Gasteiger partial charge in [-0.2, -0.15) is 10.2 Å². The standard InChI is InChI=1S/C21H20N4O3/c1-14(10-15-6-7-19-20(11-15)28-13-27-19)12-23-22-9-8-18-16-4-2-3-5-17(16)21(26)25-24-18/h2-7,10-12,22H,8-9,13H2,1H3,(H,25,26). The number of aromatic nitrogens is 2. The molecule has 7 heteroatoms. The molecule has 0 unspecified atom stereocenters. The lowest BCUT2D eigenvalue weighted by molar-refractivity contribution is 0.174. The fourth-order valence-corrected chi connectivity index (χ4v) is 3.05. The van der Waals surface area contributed by atoms with Gasteiger partial charge in [0.2, 0.25) is 6.79 Å². The van der Waals surface area contributed by atoms with Gasteiger partial charge in [-0.15, -0.1) is 0 Å². The Balaban J connectivity index is 1.34. The van der Waals surface area contributed by atoms with E-state index in [4.69, 9.17) is 9.47 Å². The summed E-state index contributed by atoms with van der Waals surface area (Å²) in [5.74, 6) is 1.53. The summed E-state index contributed by atoms with van der Waals surface area (Å²) in [4.78, 5) is 11.8. The number of hydrazone groups is 1. The molecule has 0 atom stereocenters. The Kier molecular flexibility index (Phi) is 5.05. The second-order valence-corrected chi connectivity index (χ2v) is 6.46. The van der Waals surface area contributed by atoms with E-state index >= 15 is 0 Å². The minimum absolute atomic E-state index is 0.172. The molecule has 3 aromatic rings. The molecule has 142 valence electrons. The van der Waals surface area contributed by atoms with Crippen molar-refractivity contribution in [3.8, 4) is 11.5 Å². The average molecular weight is 376 g/mol. The fraction of sp³-hybridized carbons (Fsp3) is 0.190. The molecular weight excluding hydrogens is 356 g/mol. The molecule has 1 aliphatic rings. The Morgan fingerprint density at radius 1 is 1.21 bits per heavy atom. The lowest BCUT2D eigenvalue weighted by atomic mass is 10.1. The summed E-state index contributed by atoms with van der Waals surface area (Å²) >= 11 is 0. The Hall–Kier alpha value is -3.61. The van der Waals surface area contributed by atoms with Crippen molar-refractivity contribution in [2.45, 2.75) is 13.3 Å². The van der Waals surface area contributed by atoms with Crippen molar-refractivity contribution in [1.82, 2.24) is 15.6 Å². The van der Waals surface area contributed by atoms with Crippen LogP contribution >= 0.6 is 0 Å². The molecule has 0 saturated heterocycles. The minimum Gasteiger partial charge on any atom is -0.454 e. The predicted molar refractivity (Wildman–Crippen MR) is 109 cm³/mol. The SMILES string of the molecule is CC(C=NNCCc1n[nH]c(=O)c2ccccc12)=Cc1ccc2c(c1)OCO2. The number of nitrogens with zero attached hydrogens (tertiary/aromatic N) is 2. The number of aromatic amines is 1. The number of allylic oxidation sites excluding steroid dienone is 1. The number of benzene rings is 2. The Labute approximate surface area is 161 Å². The van der Waals surface area contributed by atoms with Gasteiger partial charge in [-0.25, -0.2) is 5.10 Å². The minimum atomic E-state index is -0.172. The van der Waals surface area contributed by atoms with Gasteiger partial charge in [0.15, 0.2) is 11.5 Å². The summed E-state index contributed by atoms with van der Waals surface area (Å²) in [7, 11) is 0. The highest BCUT2D eigenvalue weighted by molar-refractivity contribution is 5.85. The molecule has 1 aliphatic heterocycles. The van der Waals surface area contributed by atoms with E-state index in [1.54, 1.807) is 12.3 Å². The maximum atomic E-state index is 11.8. The van der Waals surface area contributed by atoms with Gasteiger partial charge in [0.25, 0.3) is 5.56 Å². The maximum Gasteiger partial charge on any atom is 0.272 e. The van der Waals surface area contributed by atoms with Gasteiger partial charge >= 0.3 is 0 Å². The summed E-state index contributed by atoms with van der Waals surface area (Å²) in [6, 6.07) is 13.3. The zero-order valence-electron chi connectivity index (χ0n) is 15.4. The van der Waals surface area contributed by atoms with Crippen molar-refractivity contribution in [1.29, 1.82) is 0 Å². The maximum absolute atomic E-state index is 11.8. The topological polar surface area (TPSA) is 88.6 Å². The summed E-state index contributed by atoms with van der Waals surface area (Å²) < 4.78 is 10.7. The van der Waals surface area contributed by atoms with Crippen molar-refractivity contribution in [3.63, 3.8) is 0 Å². The highest BCUT2D eigenvalue weighted by atomic mass is 16.7. The monoisotopic (exact) mass is 376 g/mol. The van der Waals surface area contributed by atoms with E-state index in [9.17, 15) is 4.79 Å². The van der Waals surface area contributed by atoms with Crippen LogP contribution in [0.2, 0.25) is 0 Å². The number of hydrogen-bond acceptors (Lipinski definition) is 6. The third-order valence-corrected chi connectivity index (χ3v) is 4.40. The Bertz CT molecular complexity index is 1120. The van der Waals surface area contributed by atoms with Gasteiger partial charge in [-0.3, -0.25) is 4.79 Å². The first kappa shape index (κ1) is 17.8. The van der Waals surface area contributed by atoms with Crippen LogP contribution in [0.3, 0.4) is 0 Å². The molecule has 0 amide bonds. The molecule has 0 bridgehead atoms. The van der Waals surface area contributed by atoms with E-state index in [0.29, 0.717) is 18.4 Å². The Morgan fingerprint density at radius 2 is 2.04 bits per heavy atom. The van der Waals surface area contributed by atoms with Gasteiger partial charge < -0.3 is 14.9 Å². The van der Waals surface area contributed by atoms with E-state index in [1.165, 1.54) is 0 Å². The lowest BCUT2D eigenvalue weighted by Crippen LogP contribution is -2.15. The summed E-state index contributed by atoms with van der Waals surface area (Å²) in [5, 5.41) is 12.5. The summed E-state index contributed by atoms with van der Waals surface area (Å²) in [6.45, 7) is 2.86. The van der Waals surface area contributed by atoms with E-state index in [-0.39, 0.29) is 12.4 Å². The Morgan fingerprint density at radius 3 is 2.93 bits per heavy atom. The van der Waals surface area contributed by atoms with Crippen LogP contribution in [0, 0.1) is 0 Å². The molecule has 0 fully saturated rings. The van der Waals surface area contributed by atoms with E-state index in [0.717, 1.165) is 33.7 Å². The van der Waals surface area contributed by atoms with Crippen LogP contribution in [-0.2, 0) is 6.42 Å². The number of hydrogen-bond donors (Lipinski definition) is 2. The van der Waals surface area contributed by atoms with Crippen molar-refractivity contribution in [3.05, 3.63) is 69.6 Å². The van der Waals surface area contributed by atoms with Crippen LogP contribution in [-0.4, -0.2) is 29.7 Å². The number of H-pyrrole nitrogens is 1. The largest absolute Gasteiger partial charge is 0.454 e. The fourth-order valence-electron chi connectivity index (χ4n) is 3.05. The zero-order valence-corrected chi connectivity index (χ0v) is 15.4. The normalized spacial score (nSPS) is 13.4. The lowest BCUT2D eigenvalue weighted by Gasteiger charge is -2.04. The van der Waals surface area contributed by atoms with Crippen LogP contribution < -0.4 is 20.5 Å². The zero-order chi connectivity index (χ0) is 19.3. The molecule has 0 spiro atoms. The third kappa shape index (κ3) is 3.88. The van der Waals surface area contributed by atoms with Crippen molar-refractivity contribution >= 4 is 23.1 Å². The first-order valence-electron chi connectivity index (χ1n) is 9.01. The van der Waals surface area contributed by atoms with Crippen LogP contribution in [0.1, 0.15) is 18.2 Å². The quantitative estimate of drug-likeness (QED) is 0.392. The van der Waals surface area contributed by atoms with Gasteiger partial charge in [0.1, 0.15) is 0 Å². The second kappa shape index (κ2) is 7.96. The summed E-state index contributed by atoms with van der Waals surface area (Å²) in [6.07, 6.45) is 4.44. The molecule has 0 radical (unpaired) electrons. The average Bonchev–Trinajstić information content (AvgIpc) is 3.17. The van der Waals surface area contributed by atoms with Gasteiger partial charge in [0, 0.05) is 24.6 Å². The molecule has 2 heterocycles. The molecule has 1 aromatic heterocycles. The molecular formula is C21H20N4O3. The van der Waals surface area contributed by atoms with E-state index < -0.39 is 0 Å². The first-order valence-corrected chi connectivity index (χ1v) is 9.01. The molecule has 0 aliphatic carbocycles. The predicted octanol–water partition coefficient (Wildman–Crippen LogP) is 2.87. The van der Waals surface area contributed by atoms with Gasteiger partial charge in [0.05, 0.1) is 11.1 Å². The van der Waals surface area contributed by atoms with Crippen LogP contribution in [0.25, 0.3) is 16.8 Å². The van der Waals surface area contributed by atoms with Crippen LogP contribution in [0.5, 0.6) is 11.5 Å². The third-order valence-electron chi connectivity index (χ3n) is 4.40. The smallest absolute Gasteiger partial charge is 0.272 e. The van der Waals surface area contributed by atoms with Crippen molar-refractivity contribution in [2.24, 2.45) is 5.10 Å². The van der Waals surface area contributed by atoms with Gasteiger partial charge in [-0.05, 0) is 36.3 Å². The molecule has 4 rings (SSSR count).